The van der Waals surface area contributed by atoms with E-state index in [1.54, 1.807) is 0 Å². The molecule has 0 aromatic heterocycles. The third kappa shape index (κ3) is 4.39. The van der Waals surface area contributed by atoms with Crippen molar-refractivity contribution in [3.8, 4) is 0 Å². The summed E-state index contributed by atoms with van der Waals surface area (Å²) in [7, 11) is 0. The van der Waals surface area contributed by atoms with Crippen molar-refractivity contribution < 1.29 is 14.6 Å². The monoisotopic (exact) mass is 268 g/mol. The fourth-order valence-corrected chi connectivity index (χ4v) is 4.14. The Morgan fingerprint density at radius 1 is 1.11 bits per heavy atom. The van der Waals surface area contributed by atoms with Gasteiger partial charge in [-0.05, 0) is 49.9 Å². The molecule has 0 spiro atoms. The third-order valence-corrected chi connectivity index (χ3v) is 5.16. The summed E-state index contributed by atoms with van der Waals surface area (Å²) in [6.07, 6.45) is 11.5. The maximum atomic E-state index is 10.6. The van der Waals surface area contributed by atoms with E-state index in [0.29, 0.717) is 0 Å². The molecule has 0 amide bonds. The highest BCUT2D eigenvalue weighted by Crippen LogP contribution is 2.44. The number of hydrogen-bond acceptors (Lipinski definition) is 2. The number of hydrogen-bond donors (Lipinski definition) is 1. The summed E-state index contributed by atoms with van der Waals surface area (Å²) in [5.74, 6) is 2.50. The van der Waals surface area contributed by atoms with Crippen LogP contribution in [0, 0.1) is 17.8 Å². The maximum absolute atomic E-state index is 10.6. The molecule has 2 aliphatic carbocycles. The van der Waals surface area contributed by atoms with Gasteiger partial charge in [-0.2, -0.15) is 0 Å². The molecule has 2 saturated carbocycles. The quantitative estimate of drug-likeness (QED) is 0.573. The van der Waals surface area contributed by atoms with E-state index in [-0.39, 0.29) is 6.10 Å². The minimum Gasteiger partial charge on any atom is -0.450 e. The molecule has 2 unspecified atom stereocenters. The molecule has 0 saturated heterocycles. The van der Waals surface area contributed by atoms with E-state index in [0.717, 1.165) is 30.6 Å². The Hall–Kier alpha value is -0.730. The lowest BCUT2D eigenvalue weighted by molar-refractivity contribution is -0.00414. The van der Waals surface area contributed by atoms with Crippen LogP contribution in [0.25, 0.3) is 0 Å². The number of ether oxygens (including phenoxy) is 1. The number of fused-ring (bicyclic) bond motifs is 1. The van der Waals surface area contributed by atoms with Crippen molar-refractivity contribution >= 4 is 6.16 Å². The lowest BCUT2D eigenvalue weighted by Crippen LogP contribution is -2.35. The van der Waals surface area contributed by atoms with Gasteiger partial charge in [0.15, 0.2) is 0 Å². The van der Waals surface area contributed by atoms with E-state index in [1.807, 2.05) is 0 Å². The summed E-state index contributed by atoms with van der Waals surface area (Å²) in [6, 6.07) is 0. The lowest BCUT2D eigenvalue weighted by Gasteiger charge is -2.41. The van der Waals surface area contributed by atoms with Crippen molar-refractivity contribution in [1.29, 1.82) is 0 Å². The first-order valence-corrected chi connectivity index (χ1v) is 8.08. The molecule has 19 heavy (non-hydrogen) atoms. The summed E-state index contributed by atoms with van der Waals surface area (Å²) in [4.78, 5) is 10.6. The van der Waals surface area contributed by atoms with Crippen LogP contribution in [0.3, 0.4) is 0 Å². The molecule has 1 N–H and O–H groups in total. The zero-order valence-electron chi connectivity index (χ0n) is 12.1. The highest BCUT2D eigenvalue weighted by atomic mass is 16.7. The van der Waals surface area contributed by atoms with Gasteiger partial charge in [-0.3, -0.25) is 0 Å². The molecule has 0 heterocycles. The highest BCUT2D eigenvalue weighted by Gasteiger charge is 2.36. The Labute approximate surface area is 116 Å². The first kappa shape index (κ1) is 14.7. The van der Waals surface area contributed by atoms with Crippen LogP contribution in [0.4, 0.5) is 4.79 Å². The van der Waals surface area contributed by atoms with Crippen molar-refractivity contribution in [2.24, 2.45) is 17.8 Å². The molecule has 110 valence electrons. The van der Waals surface area contributed by atoms with Gasteiger partial charge in [0, 0.05) is 0 Å². The number of unbranched alkanes of at least 4 members (excludes halogenated alkanes) is 2. The van der Waals surface area contributed by atoms with Crippen LogP contribution in [-0.2, 0) is 4.74 Å². The first-order valence-electron chi connectivity index (χ1n) is 8.08. The second kappa shape index (κ2) is 7.16. The molecule has 0 aromatic carbocycles. The molecule has 0 radical (unpaired) electrons. The maximum Gasteiger partial charge on any atom is 0.506 e. The molecule has 3 nitrogen and oxygen atoms in total. The molecular weight excluding hydrogens is 240 g/mol. The van der Waals surface area contributed by atoms with Gasteiger partial charge < -0.3 is 9.84 Å². The molecule has 0 bridgehead atoms. The molecule has 2 fully saturated rings. The van der Waals surface area contributed by atoms with Gasteiger partial charge in [0.25, 0.3) is 0 Å². The van der Waals surface area contributed by atoms with Crippen molar-refractivity contribution in [2.75, 3.05) is 0 Å². The fraction of sp³-hybridized carbons (Fsp3) is 0.938. The SMILES string of the molecule is CCCCCC1CCC2C[C@H](OC(=O)O)CC[C@@H]2C1. The normalized spacial score (nSPS) is 34.6. The fourth-order valence-electron chi connectivity index (χ4n) is 4.14. The minimum atomic E-state index is -1.10. The van der Waals surface area contributed by atoms with Gasteiger partial charge in [-0.25, -0.2) is 4.79 Å². The van der Waals surface area contributed by atoms with Crippen molar-refractivity contribution in [2.45, 2.75) is 77.2 Å². The van der Waals surface area contributed by atoms with Crippen LogP contribution in [0.2, 0.25) is 0 Å². The van der Waals surface area contributed by atoms with Gasteiger partial charge in [-0.15, -0.1) is 0 Å². The number of carbonyl (C=O) groups is 1. The molecule has 4 atom stereocenters. The van der Waals surface area contributed by atoms with Crippen LogP contribution in [-0.4, -0.2) is 17.4 Å². The zero-order valence-corrected chi connectivity index (χ0v) is 12.1. The largest absolute Gasteiger partial charge is 0.506 e. The van der Waals surface area contributed by atoms with Gasteiger partial charge in [0.1, 0.15) is 6.10 Å². The van der Waals surface area contributed by atoms with E-state index in [1.165, 1.54) is 51.4 Å². The van der Waals surface area contributed by atoms with Gasteiger partial charge in [0.2, 0.25) is 0 Å². The summed E-state index contributed by atoms with van der Waals surface area (Å²) < 4.78 is 4.96. The zero-order chi connectivity index (χ0) is 13.7. The van der Waals surface area contributed by atoms with Crippen LogP contribution < -0.4 is 0 Å². The summed E-state index contributed by atoms with van der Waals surface area (Å²) in [5, 5.41) is 8.70. The third-order valence-electron chi connectivity index (χ3n) is 5.16. The van der Waals surface area contributed by atoms with E-state index in [2.05, 4.69) is 6.92 Å². The topological polar surface area (TPSA) is 46.5 Å². The second-order valence-electron chi connectivity index (χ2n) is 6.51. The summed E-state index contributed by atoms with van der Waals surface area (Å²) in [6.45, 7) is 2.26. The first-order chi connectivity index (χ1) is 9.19. The van der Waals surface area contributed by atoms with E-state index < -0.39 is 6.16 Å². The lowest BCUT2D eigenvalue weighted by atomic mass is 9.66. The number of rotatable bonds is 5. The highest BCUT2D eigenvalue weighted by molar-refractivity contribution is 5.57. The van der Waals surface area contributed by atoms with Crippen LogP contribution in [0.5, 0.6) is 0 Å². The molecule has 3 heteroatoms. The van der Waals surface area contributed by atoms with Crippen LogP contribution in [0.1, 0.15) is 71.1 Å². The van der Waals surface area contributed by atoms with E-state index in [9.17, 15) is 4.79 Å². The predicted octanol–water partition coefficient (Wildman–Crippen LogP) is 4.85. The number of carboxylic acid groups (broad SMARTS) is 1. The van der Waals surface area contributed by atoms with Crippen LogP contribution >= 0.6 is 0 Å². The molecular formula is C16H28O3. The predicted molar refractivity (Wildman–Crippen MR) is 75.2 cm³/mol. The van der Waals surface area contributed by atoms with Crippen molar-refractivity contribution in [3.05, 3.63) is 0 Å². The average molecular weight is 268 g/mol. The van der Waals surface area contributed by atoms with E-state index in [4.69, 9.17) is 9.84 Å². The Morgan fingerprint density at radius 2 is 1.84 bits per heavy atom. The Bertz CT molecular complexity index is 290. The standard InChI is InChI=1S/C16H28O3/c1-2-3-4-5-12-6-7-14-11-15(19-16(17)18)9-8-13(14)10-12/h12-15H,2-11H2,1H3,(H,17,18)/t12?,13-,14?,15-/m1/s1. The van der Waals surface area contributed by atoms with E-state index >= 15 is 0 Å². The average Bonchev–Trinajstić information content (AvgIpc) is 2.38. The molecule has 2 aliphatic rings. The molecule has 0 aliphatic heterocycles. The molecule has 2 rings (SSSR count). The second-order valence-corrected chi connectivity index (χ2v) is 6.51. The Kier molecular flexibility index (Phi) is 5.53. The summed E-state index contributed by atoms with van der Waals surface area (Å²) in [5.41, 5.74) is 0. The minimum absolute atomic E-state index is 0.0320. The van der Waals surface area contributed by atoms with Crippen molar-refractivity contribution in [1.82, 2.24) is 0 Å². The van der Waals surface area contributed by atoms with Gasteiger partial charge >= 0.3 is 6.16 Å². The Morgan fingerprint density at radius 3 is 2.58 bits per heavy atom. The smallest absolute Gasteiger partial charge is 0.450 e. The van der Waals surface area contributed by atoms with Crippen LogP contribution in [0.15, 0.2) is 0 Å². The van der Waals surface area contributed by atoms with Gasteiger partial charge in [-0.1, -0.05) is 39.0 Å². The Balaban J connectivity index is 1.73. The summed E-state index contributed by atoms with van der Waals surface area (Å²) >= 11 is 0. The van der Waals surface area contributed by atoms with Crippen molar-refractivity contribution in [3.63, 3.8) is 0 Å². The van der Waals surface area contributed by atoms with Gasteiger partial charge in [0.05, 0.1) is 0 Å². The molecule has 0 aromatic rings.